The molecule has 0 amide bonds. The van der Waals surface area contributed by atoms with E-state index >= 15 is 0 Å². The third-order valence-corrected chi connectivity index (χ3v) is 3.36. The summed E-state index contributed by atoms with van der Waals surface area (Å²) in [6, 6.07) is 8.16. The van der Waals surface area contributed by atoms with Crippen LogP contribution in [0.4, 0.5) is 5.69 Å². The molecule has 92 valence electrons. The predicted molar refractivity (Wildman–Crippen MR) is 73.3 cm³/mol. The molecule has 0 aromatic heterocycles. The molecule has 0 unspecified atom stereocenters. The molecule has 0 heterocycles. The zero-order valence-electron chi connectivity index (χ0n) is 10.7. The maximum absolute atomic E-state index is 8.60. The van der Waals surface area contributed by atoms with Crippen molar-refractivity contribution in [1.82, 2.24) is 0 Å². The quantitative estimate of drug-likeness (QED) is 0.841. The molecule has 0 radical (unpaired) electrons. The number of hydrogen-bond donors (Lipinski definition) is 1. The van der Waals surface area contributed by atoms with Crippen molar-refractivity contribution in [3.63, 3.8) is 0 Å². The minimum atomic E-state index is 0.100. The normalized spacial score (nSPS) is 11.0. The molecule has 0 saturated carbocycles. The van der Waals surface area contributed by atoms with Crippen LogP contribution in [-0.2, 0) is 0 Å². The fourth-order valence-corrected chi connectivity index (χ4v) is 1.79. The van der Waals surface area contributed by atoms with Gasteiger partial charge in [-0.2, -0.15) is 5.26 Å². The van der Waals surface area contributed by atoms with E-state index in [-0.39, 0.29) is 5.41 Å². The van der Waals surface area contributed by atoms with Gasteiger partial charge in [-0.3, -0.25) is 0 Å². The van der Waals surface area contributed by atoms with E-state index in [1.165, 1.54) is 0 Å². The lowest BCUT2D eigenvalue weighted by Crippen LogP contribution is -2.23. The highest BCUT2D eigenvalue weighted by Crippen LogP contribution is 2.28. The Labute approximate surface area is 109 Å². The second-order valence-corrected chi connectivity index (χ2v) is 5.49. The van der Waals surface area contributed by atoms with Gasteiger partial charge in [-0.25, -0.2) is 0 Å². The van der Waals surface area contributed by atoms with Crippen LogP contribution < -0.4 is 5.32 Å². The molecule has 3 heteroatoms. The van der Waals surface area contributed by atoms with Crippen LogP contribution >= 0.6 is 11.6 Å². The van der Waals surface area contributed by atoms with Crippen LogP contribution in [0.2, 0.25) is 5.02 Å². The molecule has 0 bridgehead atoms. The van der Waals surface area contributed by atoms with Crippen LogP contribution in [0.5, 0.6) is 0 Å². The first-order chi connectivity index (χ1) is 7.96. The fraction of sp³-hybridized carbons (Fsp3) is 0.500. The van der Waals surface area contributed by atoms with Gasteiger partial charge >= 0.3 is 0 Å². The van der Waals surface area contributed by atoms with Gasteiger partial charge in [0.25, 0.3) is 0 Å². The summed E-state index contributed by atoms with van der Waals surface area (Å²) in [7, 11) is 0. The zero-order chi connectivity index (χ0) is 12.9. The lowest BCUT2D eigenvalue weighted by molar-refractivity contribution is 0.364. The SMILES string of the molecule is Cc1cccc(NCC(C)(C)CCC#N)c1Cl. The molecule has 1 aromatic rings. The summed E-state index contributed by atoms with van der Waals surface area (Å²) in [6.45, 7) is 7.12. The zero-order valence-corrected chi connectivity index (χ0v) is 11.4. The minimum absolute atomic E-state index is 0.100. The first-order valence-corrected chi connectivity index (χ1v) is 6.20. The van der Waals surface area contributed by atoms with Gasteiger partial charge in [-0.15, -0.1) is 0 Å². The highest BCUT2D eigenvalue weighted by atomic mass is 35.5. The second kappa shape index (κ2) is 5.93. The molecule has 1 aromatic carbocycles. The number of nitriles is 1. The monoisotopic (exact) mass is 250 g/mol. The van der Waals surface area contributed by atoms with Crippen LogP contribution in [0, 0.1) is 23.7 Å². The summed E-state index contributed by atoms with van der Waals surface area (Å²) in [5.41, 5.74) is 2.14. The Hall–Kier alpha value is -1.20. The van der Waals surface area contributed by atoms with Gasteiger partial charge < -0.3 is 5.32 Å². The lowest BCUT2D eigenvalue weighted by Gasteiger charge is -2.25. The predicted octanol–water partition coefficient (Wildman–Crippen LogP) is 4.39. The highest BCUT2D eigenvalue weighted by Gasteiger charge is 2.17. The Balaban J connectivity index is 2.61. The Morgan fingerprint density at radius 2 is 2.12 bits per heavy atom. The maximum Gasteiger partial charge on any atom is 0.0666 e. The molecule has 0 atom stereocenters. The number of nitrogens with one attached hydrogen (secondary N) is 1. The van der Waals surface area contributed by atoms with Crippen LogP contribution in [0.1, 0.15) is 32.3 Å². The summed E-state index contributed by atoms with van der Waals surface area (Å²) in [6.07, 6.45) is 1.48. The smallest absolute Gasteiger partial charge is 0.0666 e. The number of aryl methyl sites for hydroxylation is 1. The Kier molecular flexibility index (Phi) is 4.84. The maximum atomic E-state index is 8.60. The lowest BCUT2D eigenvalue weighted by atomic mass is 9.88. The number of nitrogens with zero attached hydrogens (tertiary/aromatic N) is 1. The van der Waals surface area contributed by atoms with E-state index in [9.17, 15) is 0 Å². The molecule has 1 rings (SSSR count). The van der Waals surface area contributed by atoms with Crippen LogP contribution in [0.15, 0.2) is 18.2 Å². The van der Waals surface area contributed by atoms with Gasteiger partial charge in [0, 0.05) is 13.0 Å². The molecule has 2 nitrogen and oxygen atoms in total. The van der Waals surface area contributed by atoms with Crippen molar-refractivity contribution in [3.8, 4) is 6.07 Å². The van der Waals surface area contributed by atoms with Crippen molar-refractivity contribution in [2.75, 3.05) is 11.9 Å². The second-order valence-electron chi connectivity index (χ2n) is 5.11. The van der Waals surface area contributed by atoms with Crippen LogP contribution in [0.3, 0.4) is 0 Å². The standard InChI is InChI=1S/C14H19ClN2/c1-11-6-4-7-12(13(11)15)17-10-14(2,3)8-5-9-16/h4,6-7,17H,5,8,10H2,1-3H3. The molecule has 1 N–H and O–H groups in total. The highest BCUT2D eigenvalue weighted by molar-refractivity contribution is 6.33. The number of benzene rings is 1. The summed E-state index contributed by atoms with van der Waals surface area (Å²) in [5, 5.41) is 12.7. The van der Waals surface area contributed by atoms with Gasteiger partial charge in [-0.1, -0.05) is 37.6 Å². The molecule has 0 fully saturated rings. The van der Waals surface area contributed by atoms with Gasteiger partial charge in [0.2, 0.25) is 0 Å². The van der Waals surface area contributed by atoms with E-state index in [2.05, 4.69) is 25.2 Å². The molecule has 0 saturated heterocycles. The summed E-state index contributed by atoms with van der Waals surface area (Å²) in [5.74, 6) is 0. The van der Waals surface area contributed by atoms with Gasteiger partial charge in [-0.05, 0) is 30.4 Å². The van der Waals surface area contributed by atoms with E-state index in [0.29, 0.717) is 6.42 Å². The van der Waals surface area contributed by atoms with Crippen LogP contribution in [-0.4, -0.2) is 6.54 Å². The van der Waals surface area contributed by atoms with Crippen molar-refractivity contribution in [2.24, 2.45) is 5.41 Å². The van der Waals surface area contributed by atoms with Gasteiger partial charge in [0.05, 0.1) is 16.8 Å². The molecule has 0 aliphatic heterocycles. The topological polar surface area (TPSA) is 35.8 Å². The molecule has 0 spiro atoms. The molecular formula is C14H19ClN2. The summed E-state index contributed by atoms with van der Waals surface area (Å²) >= 11 is 6.21. The van der Waals surface area contributed by atoms with Crippen LogP contribution in [0.25, 0.3) is 0 Å². The molecule has 0 aliphatic carbocycles. The average molecular weight is 251 g/mol. The fourth-order valence-electron chi connectivity index (χ4n) is 1.60. The van der Waals surface area contributed by atoms with E-state index in [1.807, 2.05) is 25.1 Å². The van der Waals surface area contributed by atoms with Crippen molar-refractivity contribution in [1.29, 1.82) is 5.26 Å². The summed E-state index contributed by atoms with van der Waals surface area (Å²) in [4.78, 5) is 0. The van der Waals surface area contributed by atoms with Crippen molar-refractivity contribution in [3.05, 3.63) is 28.8 Å². The number of hydrogen-bond acceptors (Lipinski definition) is 2. The van der Waals surface area contributed by atoms with E-state index < -0.39 is 0 Å². The first-order valence-electron chi connectivity index (χ1n) is 5.82. The first kappa shape index (κ1) is 13.9. The average Bonchev–Trinajstić information content (AvgIpc) is 2.29. The van der Waals surface area contributed by atoms with E-state index in [0.717, 1.165) is 29.2 Å². The molecule has 0 aliphatic rings. The van der Waals surface area contributed by atoms with Gasteiger partial charge in [0.1, 0.15) is 0 Å². The Bertz CT molecular complexity index is 419. The van der Waals surface area contributed by atoms with Crippen molar-refractivity contribution < 1.29 is 0 Å². The van der Waals surface area contributed by atoms with E-state index in [1.54, 1.807) is 0 Å². The minimum Gasteiger partial charge on any atom is -0.383 e. The van der Waals surface area contributed by atoms with Gasteiger partial charge in [0.15, 0.2) is 0 Å². The number of halogens is 1. The number of rotatable bonds is 5. The molecular weight excluding hydrogens is 232 g/mol. The van der Waals surface area contributed by atoms with Crippen molar-refractivity contribution in [2.45, 2.75) is 33.6 Å². The number of anilines is 1. The largest absolute Gasteiger partial charge is 0.383 e. The summed E-state index contributed by atoms with van der Waals surface area (Å²) < 4.78 is 0. The Morgan fingerprint density at radius 1 is 1.41 bits per heavy atom. The third-order valence-electron chi connectivity index (χ3n) is 2.86. The Morgan fingerprint density at radius 3 is 2.76 bits per heavy atom. The molecule has 17 heavy (non-hydrogen) atoms. The van der Waals surface area contributed by atoms with Crippen molar-refractivity contribution >= 4 is 17.3 Å². The third kappa shape index (κ3) is 4.28. The van der Waals surface area contributed by atoms with E-state index in [4.69, 9.17) is 16.9 Å².